The smallest absolute Gasteiger partial charge is 0.270 e. The maximum absolute atomic E-state index is 12.4. The first-order chi connectivity index (χ1) is 13.5. The Morgan fingerprint density at radius 3 is 2.57 bits per heavy atom. The second kappa shape index (κ2) is 9.78. The molecule has 0 saturated carbocycles. The van der Waals surface area contributed by atoms with Crippen molar-refractivity contribution in [3.05, 3.63) is 47.2 Å². The number of pyridine rings is 1. The van der Waals surface area contributed by atoms with Gasteiger partial charge < -0.3 is 25.8 Å². The molecule has 0 atom stereocenters. The number of hydrogen-bond donors (Lipinski definition) is 3. The molecule has 0 spiro atoms. The number of benzene rings is 1. The Labute approximate surface area is 162 Å². The van der Waals surface area contributed by atoms with E-state index in [2.05, 4.69) is 15.6 Å². The van der Waals surface area contributed by atoms with Crippen LogP contribution < -0.4 is 25.8 Å². The Morgan fingerprint density at radius 2 is 1.96 bits per heavy atom. The predicted octanol–water partition coefficient (Wildman–Crippen LogP) is 0.989. The zero-order chi connectivity index (χ0) is 20.5. The summed E-state index contributed by atoms with van der Waals surface area (Å²) in [7, 11) is 1.53. The van der Waals surface area contributed by atoms with Gasteiger partial charge in [0.2, 0.25) is 5.88 Å². The molecule has 9 heteroatoms. The van der Waals surface area contributed by atoms with Crippen molar-refractivity contribution >= 4 is 17.5 Å². The molecule has 28 heavy (non-hydrogen) atoms. The number of nitriles is 1. The number of carbonyl (C=O) groups excluding carboxylic acids is 2. The highest BCUT2D eigenvalue weighted by Crippen LogP contribution is 2.22. The summed E-state index contributed by atoms with van der Waals surface area (Å²) in [5, 5.41) is 14.3. The highest BCUT2D eigenvalue weighted by Gasteiger charge is 2.16. The third-order valence-electron chi connectivity index (χ3n) is 3.67. The molecule has 0 unspecified atom stereocenters. The molecule has 0 aliphatic heterocycles. The number of amides is 2. The zero-order valence-corrected chi connectivity index (χ0v) is 15.6. The van der Waals surface area contributed by atoms with E-state index < -0.39 is 5.91 Å². The first-order valence-electron chi connectivity index (χ1n) is 8.52. The molecule has 2 amide bonds. The molecule has 0 aliphatic carbocycles. The summed E-state index contributed by atoms with van der Waals surface area (Å²) in [6, 6.07) is 10.2. The van der Waals surface area contributed by atoms with Gasteiger partial charge in [-0.2, -0.15) is 5.26 Å². The monoisotopic (exact) mass is 383 g/mol. The molecule has 2 aromatic rings. The van der Waals surface area contributed by atoms with Crippen LogP contribution in [-0.4, -0.2) is 37.1 Å². The van der Waals surface area contributed by atoms with E-state index in [1.807, 2.05) is 6.07 Å². The summed E-state index contributed by atoms with van der Waals surface area (Å²) in [6.45, 7) is 2.22. The van der Waals surface area contributed by atoms with E-state index in [0.29, 0.717) is 12.4 Å². The van der Waals surface area contributed by atoms with E-state index in [4.69, 9.17) is 20.5 Å². The fraction of sp³-hybridized carbons (Fsp3) is 0.263. The largest absolute Gasteiger partial charge is 0.484 e. The maximum Gasteiger partial charge on any atom is 0.270 e. The highest BCUT2D eigenvalue weighted by atomic mass is 16.5. The number of likely N-dealkylation sites (N-methyl/N-ethyl adjacent to an activating group) is 1. The Hall–Kier alpha value is -3.80. The van der Waals surface area contributed by atoms with Crippen LogP contribution in [0.4, 0.5) is 5.69 Å². The van der Waals surface area contributed by atoms with Gasteiger partial charge in [0.05, 0.1) is 12.3 Å². The van der Waals surface area contributed by atoms with Gasteiger partial charge in [0, 0.05) is 13.6 Å². The Bertz CT molecular complexity index is 890. The van der Waals surface area contributed by atoms with Crippen LogP contribution >= 0.6 is 0 Å². The Morgan fingerprint density at radius 1 is 1.25 bits per heavy atom. The SMILES string of the molecule is CCOc1nc(C(=O)NCc2ccc(OCC(=O)NC)cc2)cc(N)c1C#N. The molecule has 0 aliphatic rings. The lowest BCUT2D eigenvalue weighted by atomic mass is 10.2. The number of nitrogens with two attached hydrogens (primary N) is 1. The number of carbonyl (C=O) groups is 2. The van der Waals surface area contributed by atoms with Gasteiger partial charge in [0.15, 0.2) is 6.61 Å². The fourth-order valence-electron chi connectivity index (χ4n) is 2.21. The standard InChI is InChI=1S/C19H21N5O4/c1-3-27-19-14(9-20)15(21)8-16(24-19)18(26)23-10-12-4-6-13(7-5-12)28-11-17(25)22-2/h4-8H,3,10-11H2,1-2H3,(H2,21,24)(H,22,25)(H,23,26). The van der Waals surface area contributed by atoms with Crippen molar-refractivity contribution in [1.82, 2.24) is 15.6 Å². The number of nitrogens with one attached hydrogen (secondary N) is 2. The average Bonchev–Trinajstić information content (AvgIpc) is 2.71. The van der Waals surface area contributed by atoms with Gasteiger partial charge in [-0.05, 0) is 30.7 Å². The Balaban J connectivity index is 2.00. The van der Waals surface area contributed by atoms with E-state index >= 15 is 0 Å². The van der Waals surface area contributed by atoms with Gasteiger partial charge in [-0.1, -0.05) is 12.1 Å². The zero-order valence-electron chi connectivity index (χ0n) is 15.6. The molecule has 0 fully saturated rings. The number of rotatable bonds is 8. The minimum absolute atomic E-state index is 0.0350. The van der Waals surface area contributed by atoms with Crippen molar-refractivity contribution in [1.29, 1.82) is 5.26 Å². The molecule has 1 aromatic carbocycles. The number of anilines is 1. The summed E-state index contributed by atoms with van der Waals surface area (Å²) in [6.07, 6.45) is 0. The van der Waals surface area contributed by atoms with Gasteiger partial charge in [-0.3, -0.25) is 9.59 Å². The summed E-state index contributed by atoms with van der Waals surface area (Å²) < 4.78 is 10.6. The van der Waals surface area contributed by atoms with Crippen molar-refractivity contribution in [2.24, 2.45) is 0 Å². The molecule has 0 radical (unpaired) electrons. The molecule has 9 nitrogen and oxygen atoms in total. The molecule has 2 rings (SSSR count). The number of nitrogen functional groups attached to an aromatic ring is 1. The third kappa shape index (κ3) is 5.35. The van der Waals surface area contributed by atoms with Gasteiger partial charge in [-0.15, -0.1) is 0 Å². The van der Waals surface area contributed by atoms with Crippen molar-refractivity contribution < 1.29 is 19.1 Å². The molecule has 1 aromatic heterocycles. The van der Waals surface area contributed by atoms with Crippen LogP contribution in [0.1, 0.15) is 28.5 Å². The third-order valence-corrected chi connectivity index (χ3v) is 3.67. The van der Waals surface area contributed by atoms with Crippen molar-refractivity contribution in [3.63, 3.8) is 0 Å². The van der Waals surface area contributed by atoms with Crippen molar-refractivity contribution in [2.75, 3.05) is 26.0 Å². The van der Waals surface area contributed by atoms with E-state index in [-0.39, 0.29) is 41.9 Å². The van der Waals surface area contributed by atoms with Crippen molar-refractivity contribution in [2.45, 2.75) is 13.5 Å². The van der Waals surface area contributed by atoms with Crippen LogP contribution in [-0.2, 0) is 11.3 Å². The molecular formula is C19H21N5O4. The summed E-state index contributed by atoms with van der Waals surface area (Å²) in [5.41, 5.74) is 6.94. The lowest BCUT2D eigenvalue weighted by molar-refractivity contribution is -0.122. The van der Waals surface area contributed by atoms with E-state index in [9.17, 15) is 9.59 Å². The van der Waals surface area contributed by atoms with Gasteiger partial charge in [-0.25, -0.2) is 4.98 Å². The Kier molecular flexibility index (Phi) is 7.16. The van der Waals surface area contributed by atoms with E-state index in [0.717, 1.165) is 5.56 Å². The lowest BCUT2D eigenvalue weighted by Gasteiger charge is -2.10. The normalized spacial score (nSPS) is 9.89. The van der Waals surface area contributed by atoms with Crippen LogP contribution in [0, 0.1) is 11.3 Å². The average molecular weight is 383 g/mol. The molecule has 0 bridgehead atoms. The molecule has 1 heterocycles. The van der Waals surface area contributed by atoms with Gasteiger partial charge in [0.1, 0.15) is 23.1 Å². The van der Waals surface area contributed by atoms with Crippen LogP contribution in [0.2, 0.25) is 0 Å². The minimum Gasteiger partial charge on any atom is -0.484 e. The number of ether oxygens (including phenoxy) is 2. The molecular weight excluding hydrogens is 362 g/mol. The number of nitrogens with zero attached hydrogens (tertiary/aromatic N) is 2. The number of hydrogen-bond acceptors (Lipinski definition) is 7. The first-order valence-corrected chi connectivity index (χ1v) is 8.52. The van der Waals surface area contributed by atoms with Crippen LogP contribution in [0.3, 0.4) is 0 Å². The predicted molar refractivity (Wildman–Crippen MR) is 102 cm³/mol. The second-order valence-electron chi connectivity index (χ2n) is 5.61. The van der Waals surface area contributed by atoms with Gasteiger partial charge in [0.25, 0.3) is 11.8 Å². The van der Waals surface area contributed by atoms with Gasteiger partial charge >= 0.3 is 0 Å². The second-order valence-corrected chi connectivity index (χ2v) is 5.61. The summed E-state index contributed by atoms with van der Waals surface area (Å²) in [4.78, 5) is 27.6. The lowest BCUT2D eigenvalue weighted by Crippen LogP contribution is -2.25. The summed E-state index contributed by atoms with van der Waals surface area (Å²) in [5.74, 6) is -0.0941. The molecule has 4 N–H and O–H groups in total. The molecule has 0 saturated heterocycles. The quantitative estimate of drug-likeness (QED) is 0.617. The topological polar surface area (TPSA) is 139 Å². The maximum atomic E-state index is 12.4. The number of aromatic nitrogens is 1. The fourth-order valence-corrected chi connectivity index (χ4v) is 2.21. The molecule has 146 valence electrons. The highest BCUT2D eigenvalue weighted by molar-refractivity contribution is 5.93. The van der Waals surface area contributed by atoms with Crippen molar-refractivity contribution in [3.8, 4) is 17.7 Å². The van der Waals surface area contributed by atoms with Crippen LogP contribution in [0.15, 0.2) is 30.3 Å². The van der Waals surface area contributed by atoms with Crippen LogP contribution in [0.25, 0.3) is 0 Å². The van der Waals surface area contributed by atoms with E-state index in [1.54, 1.807) is 31.2 Å². The van der Waals surface area contributed by atoms with E-state index in [1.165, 1.54) is 13.1 Å². The van der Waals surface area contributed by atoms with Crippen LogP contribution in [0.5, 0.6) is 11.6 Å². The summed E-state index contributed by atoms with van der Waals surface area (Å²) >= 11 is 0. The minimum atomic E-state index is -0.447. The first kappa shape index (κ1) is 20.5.